The molecule has 138 valence electrons. The quantitative estimate of drug-likeness (QED) is 0.737. The number of amides is 1. The van der Waals surface area contributed by atoms with Crippen molar-refractivity contribution in [3.8, 4) is 0 Å². The molecule has 2 aliphatic rings. The van der Waals surface area contributed by atoms with Crippen molar-refractivity contribution in [2.24, 2.45) is 28.0 Å². The molecule has 2 saturated carbocycles. The number of anilines is 1. The number of Topliss-reactive ketones (excluding diaryl/α,β-unsaturated/α-hetero) is 1. The SMILES string of the molecule is O=C(Nc1ccc(N=Nc2ccccc2)cc1)C1C[C@H]2CCC[C@H](C1)C2=O. The molecule has 2 aromatic carbocycles. The highest BCUT2D eigenvalue weighted by atomic mass is 16.2. The Morgan fingerprint density at radius 2 is 1.44 bits per heavy atom. The van der Waals surface area contributed by atoms with Gasteiger partial charge in [0.25, 0.3) is 0 Å². The second-order valence-electron chi connectivity index (χ2n) is 7.47. The number of fused-ring (bicyclic) bond motifs is 2. The summed E-state index contributed by atoms with van der Waals surface area (Å²) in [6.07, 6.45) is 4.41. The molecule has 5 heteroatoms. The Kier molecular flexibility index (Phi) is 5.10. The lowest BCUT2D eigenvalue weighted by atomic mass is 9.67. The van der Waals surface area contributed by atoms with Gasteiger partial charge in [0, 0.05) is 23.4 Å². The van der Waals surface area contributed by atoms with Crippen molar-refractivity contribution in [3.63, 3.8) is 0 Å². The summed E-state index contributed by atoms with van der Waals surface area (Å²) in [5.41, 5.74) is 2.28. The lowest BCUT2D eigenvalue weighted by molar-refractivity contribution is -0.136. The molecule has 0 heterocycles. The van der Waals surface area contributed by atoms with E-state index >= 15 is 0 Å². The summed E-state index contributed by atoms with van der Waals surface area (Å²) in [4.78, 5) is 24.8. The second kappa shape index (κ2) is 7.82. The molecule has 0 spiro atoms. The van der Waals surface area contributed by atoms with E-state index in [0.717, 1.165) is 36.3 Å². The number of nitrogens with one attached hydrogen (secondary N) is 1. The monoisotopic (exact) mass is 361 g/mol. The molecule has 0 aliphatic heterocycles. The Bertz CT molecular complexity index is 830. The van der Waals surface area contributed by atoms with E-state index in [1.807, 2.05) is 54.6 Å². The van der Waals surface area contributed by atoms with Gasteiger partial charge in [0.15, 0.2) is 0 Å². The summed E-state index contributed by atoms with van der Waals surface area (Å²) in [6, 6.07) is 16.9. The number of nitrogens with zero attached hydrogens (tertiary/aromatic N) is 2. The lowest BCUT2D eigenvalue weighted by Gasteiger charge is -2.36. The van der Waals surface area contributed by atoms with E-state index in [2.05, 4.69) is 15.5 Å². The number of hydrogen-bond acceptors (Lipinski definition) is 4. The van der Waals surface area contributed by atoms with Crippen LogP contribution in [-0.2, 0) is 9.59 Å². The Hall–Kier alpha value is -2.82. The highest BCUT2D eigenvalue weighted by Crippen LogP contribution is 2.40. The molecular weight excluding hydrogens is 338 g/mol. The van der Waals surface area contributed by atoms with Crippen LogP contribution in [0, 0.1) is 17.8 Å². The normalized spacial score (nSPS) is 24.7. The summed E-state index contributed by atoms with van der Waals surface area (Å²) in [5, 5.41) is 11.4. The molecule has 0 saturated heterocycles. The molecule has 1 amide bonds. The van der Waals surface area contributed by atoms with Crippen LogP contribution >= 0.6 is 0 Å². The van der Waals surface area contributed by atoms with Gasteiger partial charge in [-0.25, -0.2) is 0 Å². The van der Waals surface area contributed by atoms with Gasteiger partial charge in [-0.2, -0.15) is 10.2 Å². The van der Waals surface area contributed by atoms with Crippen LogP contribution in [0.4, 0.5) is 17.1 Å². The largest absolute Gasteiger partial charge is 0.326 e. The fraction of sp³-hybridized carbons (Fsp3) is 0.364. The minimum Gasteiger partial charge on any atom is -0.326 e. The zero-order valence-corrected chi connectivity index (χ0v) is 15.2. The number of ketones is 1. The Morgan fingerprint density at radius 3 is 2.07 bits per heavy atom. The first-order chi connectivity index (χ1) is 13.2. The summed E-state index contributed by atoms with van der Waals surface area (Å²) in [7, 11) is 0. The van der Waals surface area contributed by atoms with Crippen LogP contribution in [0.2, 0.25) is 0 Å². The van der Waals surface area contributed by atoms with E-state index in [1.54, 1.807) is 0 Å². The van der Waals surface area contributed by atoms with Crippen LogP contribution in [0.5, 0.6) is 0 Å². The fourth-order valence-corrected chi connectivity index (χ4v) is 4.16. The van der Waals surface area contributed by atoms with Crippen LogP contribution < -0.4 is 5.32 Å². The first-order valence-corrected chi connectivity index (χ1v) is 9.60. The third-order valence-corrected chi connectivity index (χ3v) is 5.59. The minimum atomic E-state index is -0.0598. The van der Waals surface area contributed by atoms with E-state index in [0.29, 0.717) is 18.6 Å². The molecule has 2 atom stereocenters. The Labute approximate surface area is 158 Å². The van der Waals surface area contributed by atoms with E-state index in [1.165, 1.54) is 0 Å². The maximum absolute atomic E-state index is 12.6. The number of benzene rings is 2. The van der Waals surface area contributed by atoms with Crippen molar-refractivity contribution in [3.05, 3.63) is 54.6 Å². The van der Waals surface area contributed by atoms with Crippen molar-refractivity contribution in [2.45, 2.75) is 32.1 Å². The van der Waals surface area contributed by atoms with Gasteiger partial charge in [-0.1, -0.05) is 24.6 Å². The smallest absolute Gasteiger partial charge is 0.227 e. The average Bonchev–Trinajstić information content (AvgIpc) is 2.68. The van der Waals surface area contributed by atoms with Gasteiger partial charge in [-0.05, 0) is 62.1 Å². The Morgan fingerprint density at radius 1 is 0.852 bits per heavy atom. The molecular formula is C22H23N3O2. The van der Waals surface area contributed by atoms with Gasteiger partial charge in [0.1, 0.15) is 5.78 Å². The number of carbonyl (C=O) groups is 2. The molecule has 2 aliphatic carbocycles. The maximum atomic E-state index is 12.6. The Balaban J connectivity index is 1.36. The van der Waals surface area contributed by atoms with Crippen LogP contribution in [-0.4, -0.2) is 11.7 Å². The predicted octanol–water partition coefficient (Wildman–Crippen LogP) is 5.44. The van der Waals surface area contributed by atoms with Crippen molar-refractivity contribution >= 4 is 28.8 Å². The van der Waals surface area contributed by atoms with Crippen molar-refractivity contribution in [2.75, 3.05) is 5.32 Å². The van der Waals surface area contributed by atoms with Crippen LogP contribution in [0.1, 0.15) is 32.1 Å². The maximum Gasteiger partial charge on any atom is 0.227 e. The van der Waals surface area contributed by atoms with E-state index in [-0.39, 0.29) is 23.7 Å². The highest BCUT2D eigenvalue weighted by Gasteiger charge is 2.41. The van der Waals surface area contributed by atoms with Crippen LogP contribution in [0.3, 0.4) is 0 Å². The molecule has 27 heavy (non-hydrogen) atoms. The number of hydrogen-bond donors (Lipinski definition) is 1. The zero-order valence-electron chi connectivity index (χ0n) is 15.2. The fourth-order valence-electron chi connectivity index (χ4n) is 4.16. The third kappa shape index (κ3) is 4.13. The van der Waals surface area contributed by atoms with Gasteiger partial charge >= 0.3 is 0 Å². The molecule has 2 fully saturated rings. The lowest BCUT2D eigenvalue weighted by Crippen LogP contribution is -2.40. The molecule has 2 aromatic rings. The number of carbonyl (C=O) groups excluding carboxylic acids is 2. The zero-order chi connectivity index (χ0) is 18.6. The predicted molar refractivity (Wildman–Crippen MR) is 104 cm³/mol. The summed E-state index contributed by atoms with van der Waals surface area (Å²) >= 11 is 0. The highest BCUT2D eigenvalue weighted by molar-refractivity contribution is 5.95. The molecule has 0 aromatic heterocycles. The van der Waals surface area contributed by atoms with E-state index in [4.69, 9.17) is 0 Å². The minimum absolute atomic E-state index is 0.0260. The van der Waals surface area contributed by atoms with Crippen molar-refractivity contribution in [1.82, 2.24) is 0 Å². The molecule has 1 N–H and O–H groups in total. The number of azo groups is 1. The molecule has 0 unspecified atom stereocenters. The molecule has 0 radical (unpaired) electrons. The van der Waals surface area contributed by atoms with E-state index < -0.39 is 0 Å². The number of rotatable bonds is 4. The summed E-state index contributed by atoms with van der Waals surface area (Å²) in [5.74, 6) is 0.537. The third-order valence-electron chi connectivity index (χ3n) is 5.59. The summed E-state index contributed by atoms with van der Waals surface area (Å²) in [6.45, 7) is 0. The first kappa shape index (κ1) is 17.6. The van der Waals surface area contributed by atoms with Gasteiger partial charge < -0.3 is 5.32 Å². The molecule has 4 rings (SSSR count). The van der Waals surface area contributed by atoms with Gasteiger partial charge in [0.05, 0.1) is 11.4 Å². The van der Waals surface area contributed by atoms with Gasteiger partial charge in [-0.3, -0.25) is 9.59 Å². The molecule has 5 nitrogen and oxygen atoms in total. The van der Waals surface area contributed by atoms with Crippen molar-refractivity contribution < 1.29 is 9.59 Å². The average molecular weight is 361 g/mol. The van der Waals surface area contributed by atoms with E-state index in [9.17, 15) is 9.59 Å². The standard InChI is InChI=1S/C22H23N3O2/c26-21-15-5-4-6-16(21)14-17(13-15)22(27)23-18-9-11-20(12-10-18)25-24-19-7-2-1-3-8-19/h1-3,7-12,15-17H,4-6,13-14H2,(H,23,27)/t15-,16-/m1/s1. The molecule has 2 bridgehead atoms. The van der Waals surface area contributed by atoms with Crippen LogP contribution in [0.25, 0.3) is 0 Å². The topological polar surface area (TPSA) is 70.9 Å². The van der Waals surface area contributed by atoms with Gasteiger partial charge in [-0.15, -0.1) is 0 Å². The van der Waals surface area contributed by atoms with Crippen LogP contribution in [0.15, 0.2) is 64.8 Å². The van der Waals surface area contributed by atoms with Crippen molar-refractivity contribution in [1.29, 1.82) is 0 Å². The second-order valence-corrected chi connectivity index (χ2v) is 7.47. The summed E-state index contributed by atoms with van der Waals surface area (Å²) < 4.78 is 0. The van der Waals surface area contributed by atoms with Gasteiger partial charge in [0.2, 0.25) is 5.91 Å². The first-order valence-electron chi connectivity index (χ1n) is 9.60.